The Morgan fingerprint density at radius 1 is 1.33 bits per heavy atom. The van der Waals surface area contributed by atoms with E-state index in [1.54, 1.807) is 17.4 Å². The minimum atomic E-state index is 0.0260. The first-order chi connectivity index (χ1) is 8.61. The van der Waals surface area contributed by atoms with Crippen molar-refractivity contribution in [1.82, 2.24) is 5.43 Å². The molecule has 0 saturated heterocycles. The van der Waals surface area contributed by atoms with E-state index in [1.165, 1.54) is 0 Å². The third-order valence-electron chi connectivity index (χ3n) is 2.60. The van der Waals surface area contributed by atoms with Gasteiger partial charge in [-0.2, -0.15) is 0 Å². The van der Waals surface area contributed by atoms with Gasteiger partial charge in [-0.1, -0.05) is 29.3 Å². The largest absolute Gasteiger partial charge is 0.271 e. The van der Waals surface area contributed by atoms with Crippen LogP contribution >= 0.6 is 50.5 Å². The maximum absolute atomic E-state index is 6.17. The van der Waals surface area contributed by atoms with Crippen molar-refractivity contribution >= 4 is 50.5 Å². The van der Waals surface area contributed by atoms with E-state index in [0.717, 1.165) is 14.9 Å². The summed E-state index contributed by atoms with van der Waals surface area (Å²) < 4.78 is 1.06. The Labute approximate surface area is 128 Å². The molecule has 96 valence electrons. The van der Waals surface area contributed by atoms with Crippen molar-refractivity contribution in [2.24, 2.45) is 5.84 Å². The van der Waals surface area contributed by atoms with E-state index in [9.17, 15) is 0 Å². The zero-order chi connectivity index (χ0) is 13.1. The highest BCUT2D eigenvalue weighted by Gasteiger charge is 2.16. The summed E-state index contributed by atoms with van der Waals surface area (Å²) in [5, 5.41) is 3.32. The summed E-state index contributed by atoms with van der Waals surface area (Å²) in [5.41, 5.74) is 3.84. The van der Waals surface area contributed by atoms with Gasteiger partial charge < -0.3 is 0 Å². The summed E-state index contributed by atoms with van der Waals surface area (Å²) in [7, 11) is 0. The second-order valence-corrected chi connectivity index (χ2v) is 6.44. The lowest BCUT2D eigenvalue weighted by Gasteiger charge is -2.16. The van der Waals surface area contributed by atoms with Crippen molar-refractivity contribution in [3.05, 3.63) is 54.6 Å². The summed E-state index contributed by atoms with van der Waals surface area (Å²) in [4.78, 5) is 1.16. The Morgan fingerprint density at radius 3 is 2.67 bits per heavy atom. The van der Waals surface area contributed by atoms with E-state index >= 15 is 0 Å². The molecular formula is C12H11BrCl2N2S. The Balaban J connectivity index is 2.23. The van der Waals surface area contributed by atoms with Crippen LogP contribution in [0.15, 0.2) is 34.1 Å². The first-order valence-electron chi connectivity index (χ1n) is 5.24. The van der Waals surface area contributed by atoms with Crippen LogP contribution in [0.25, 0.3) is 0 Å². The first-order valence-corrected chi connectivity index (χ1v) is 7.67. The number of thiophene rings is 1. The molecule has 1 aromatic heterocycles. The lowest BCUT2D eigenvalue weighted by Crippen LogP contribution is -2.29. The molecular weight excluding hydrogens is 355 g/mol. The standard InChI is InChI=1S/C12H11BrCl2N2S/c13-9-3-4-18-12(9)11(17-16)5-7-1-2-8(14)6-10(7)15/h1-4,6,11,17H,5,16H2. The Kier molecular flexibility index (Phi) is 5.06. The molecule has 1 unspecified atom stereocenters. The molecule has 6 heteroatoms. The normalized spacial score (nSPS) is 12.7. The van der Waals surface area contributed by atoms with Gasteiger partial charge in [-0.05, 0) is 51.5 Å². The van der Waals surface area contributed by atoms with Crippen molar-refractivity contribution in [2.75, 3.05) is 0 Å². The molecule has 0 aliphatic carbocycles. The number of benzene rings is 1. The SMILES string of the molecule is NNC(Cc1ccc(Cl)cc1Cl)c1sccc1Br. The zero-order valence-corrected chi connectivity index (χ0v) is 13.2. The zero-order valence-electron chi connectivity index (χ0n) is 9.29. The van der Waals surface area contributed by atoms with Crippen LogP contribution in [0.3, 0.4) is 0 Å². The molecule has 1 atom stereocenters. The topological polar surface area (TPSA) is 38.0 Å². The summed E-state index contributed by atoms with van der Waals surface area (Å²) in [5.74, 6) is 5.63. The molecule has 1 aromatic carbocycles. The van der Waals surface area contributed by atoms with Gasteiger partial charge in [0.05, 0.1) is 6.04 Å². The fourth-order valence-corrected chi connectivity index (χ4v) is 3.88. The summed E-state index contributed by atoms with van der Waals surface area (Å²) >= 11 is 17.2. The maximum Gasteiger partial charge on any atom is 0.0605 e. The van der Waals surface area contributed by atoms with E-state index in [-0.39, 0.29) is 6.04 Å². The second-order valence-electron chi connectivity index (χ2n) is 3.79. The Morgan fingerprint density at radius 2 is 2.11 bits per heavy atom. The molecule has 0 amide bonds. The highest BCUT2D eigenvalue weighted by molar-refractivity contribution is 9.10. The minimum absolute atomic E-state index is 0.0260. The average molecular weight is 366 g/mol. The molecule has 3 N–H and O–H groups in total. The van der Waals surface area contributed by atoms with Crippen molar-refractivity contribution in [3.63, 3.8) is 0 Å². The molecule has 1 heterocycles. The van der Waals surface area contributed by atoms with Crippen molar-refractivity contribution < 1.29 is 0 Å². The van der Waals surface area contributed by atoms with Crippen LogP contribution < -0.4 is 11.3 Å². The third kappa shape index (κ3) is 3.26. The fraction of sp³-hybridized carbons (Fsp3) is 0.167. The van der Waals surface area contributed by atoms with Gasteiger partial charge in [-0.15, -0.1) is 11.3 Å². The van der Waals surface area contributed by atoms with Crippen LogP contribution in [-0.2, 0) is 6.42 Å². The van der Waals surface area contributed by atoms with Gasteiger partial charge >= 0.3 is 0 Å². The lowest BCUT2D eigenvalue weighted by molar-refractivity contribution is 0.559. The molecule has 0 bridgehead atoms. The number of nitrogens with one attached hydrogen (secondary N) is 1. The highest BCUT2D eigenvalue weighted by Crippen LogP contribution is 2.32. The predicted molar refractivity (Wildman–Crippen MR) is 82.2 cm³/mol. The predicted octanol–water partition coefficient (Wildman–Crippen LogP) is 4.56. The van der Waals surface area contributed by atoms with E-state index in [2.05, 4.69) is 21.4 Å². The van der Waals surface area contributed by atoms with Gasteiger partial charge in [0.25, 0.3) is 0 Å². The minimum Gasteiger partial charge on any atom is -0.271 e. The number of nitrogens with two attached hydrogens (primary N) is 1. The average Bonchev–Trinajstić information content (AvgIpc) is 2.75. The van der Waals surface area contributed by atoms with Gasteiger partial charge in [0.2, 0.25) is 0 Å². The van der Waals surface area contributed by atoms with Crippen LogP contribution in [0.1, 0.15) is 16.5 Å². The molecule has 0 saturated carbocycles. The number of rotatable bonds is 4. The molecule has 0 radical (unpaired) electrons. The quantitative estimate of drug-likeness (QED) is 0.615. The van der Waals surface area contributed by atoms with Crippen LogP contribution in [-0.4, -0.2) is 0 Å². The molecule has 0 aliphatic heterocycles. The molecule has 2 nitrogen and oxygen atoms in total. The molecule has 2 rings (SSSR count). The molecule has 2 aromatic rings. The second kappa shape index (κ2) is 6.37. The van der Waals surface area contributed by atoms with Gasteiger partial charge in [-0.3, -0.25) is 11.3 Å². The van der Waals surface area contributed by atoms with E-state index < -0.39 is 0 Å². The van der Waals surface area contributed by atoms with Crippen LogP contribution in [0, 0.1) is 0 Å². The molecule has 0 spiro atoms. The van der Waals surface area contributed by atoms with Gasteiger partial charge in [-0.25, -0.2) is 0 Å². The smallest absolute Gasteiger partial charge is 0.0605 e. The molecule has 0 aliphatic rings. The van der Waals surface area contributed by atoms with Gasteiger partial charge in [0.1, 0.15) is 0 Å². The monoisotopic (exact) mass is 364 g/mol. The Bertz CT molecular complexity index is 545. The summed E-state index contributed by atoms with van der Waals surface area (Å²) in [6.07, 6.45) is 0.714. The van der Waals surface area contributed by atoms with Gasteiger partial charge in [0, 0.05) is 19.4 Å². The Hall–Kier alpha value is -0.100. The van der Waals surface area contributed by atoms with E-state index in [1.807, 2.05) is 23.6 Å². The van der Waals surface area contributed by atoms with Crippen LogP contribution in [0.4, 0.5) is 0 Å². The highest BCUT2D eigenvalue weighted by atomic mass is 79.9. The molecule has 0 fully saturated rings. The number of halogens is 3. The van der Waals surface area contributed by atoms with Crippen molar-refractivity contribution in [3.8, 4) is 0 Å². The van der Waals surface area contributed by atoms with E-state index in [4.69, 9.17) is 29.0 Å². The molecule has 18 heavy (non-hydrogen) atoms. The van der Waals surface area contributed by atoms with Crippen LogP contribution in [0.2, 0.25) is 10.0 Å². The first kappa shape index (κ1) is 14.3. The lowest BCUT2D eigenvalue weighted by atomic mass is 10.1. The number of hydrazine groups is 1. The fourth-order valence-electron chi connectivity index (χ4n) is 1.69. The third-order valence-corrected chi connectivity index (χ3v) is 5.17. The van der Waals surface area contributed by atoms with Crippen molar-refractivity contribution in [2.45, 2.75) is 12.5 Å². The van der Waals surface area contributed by atoms with E-state index in [0.29, 0.717) is 16.5 Å². The summed E-state index contributed by atoms with van der Waals surface area (Å²) in [6.45, 7) is 0. The summed E-state index contributed by atoms with van der Waals surface area (Å²) in [6, 6.07) is 7.54. The maximum atomic E-state index is 6.17. The number of hydrogen-bond donors (Lipinski definition) is 2. The number of hydrogen-bond acceptors (Lipinski definition) is 3. The van der Waals surface area contributed by atoms with Gasteiger partial charge in [0.15, 0.2) is 0 Å². The van der Waals surface area contributed by atoms with Crippen LogP contribution in [0.5, 0.6) is 0 Å². The van der Waals surface area contributed by atoms with Crippen molar-refractivity contribution in [1.29, 1.82) is 0 Å².